The number of hydrogen-bond donors (Lipinski definition) is 1. The number of hydrogen-bond acceptors (Lipinski definition) is 2. The zero-order valence-corrected chi connectivity index (χ0v) is 14.5. The summed E-state index contributed by atoms with van der Waals surface area (Å²) >= 11 is 6.90. The Bertz CT molecular complexity index is 677. The Kier molecular flexibility index (Phi) is 4.33. The summed E-state index contributed by atoms with van der Waals surface area (Å²) in [5.74, 6) is 0.603. The molecule has 0 bridgehead atoms. The molecule has 1 heterocycles. The first kappa shape index (κ1) is 15.0. The smallest absolute Gasteiger partial charge is 0.127 e. The van der Waals surface area contributed by atoms with E-state index in [2.05, 4.69) is 43.2 Å². The van der Waals surface area contributed by atoms with Crippen LogP contribution in [0.3, 0.4) is 0 Å². The van der Waals surface area contributed by atoms with Crippen LogP contribution in [0.5, 0.6) is 5.75 Å². The molecular weight excluding hydrogens is 401 g/mol. The molecule has 2 aromatic carbocycles. The number of benzene rings is 2. The minimum atomic E-state index is -0.255. The minimum Gasteiger partial charge on any atom is -0.485 e. The van der Waals surface area contributed by atoms with Crippen molar-refractivity contribution in [3.05, 3.63) is 62.3 Å². The second-order valence-corrected chi connectivity index (χ2v) is 6.80. The fraction of sp³-hybridized carbons (Fsp3) is 0.250. The molecule has 1 aliphatic heterocycles. The van der Waals surface area contributed by atoms with Gasteiger partial charge in [-0.2, -0.15) is 0 Å². The number of halogens is 3. The van der Waals surface area contributed by atoms with E-state index in [4.69, 9.17) is 4.74 Å². The highest BCUT2D eigenvalue weighted by Gasteiger charge is 2.29. The fourth-order valence-electron chi connectivity index (χ4n) is 2.67. The average Bonchev–Trinajstić information content (AvgIpc) is 2.45. The van der Waals surface area contributed by atoms with Gasteiger partial charge in [-0.3, -0.25) is 0 Å². The lowest BCUT2D eigenvalue weighted by Crippen LogP contribution is -2.27. The first-order valence-electron chi connectivity index (χ1n) is 6.67. The van der Waals surface area contributed by atoms with Gasteiger partial charge in [-0.1, -0.05) is 44.0 Å². The molecule has 1 N–H and O–H groups in total. The van der Waals surface area contributed by atoms with Crippen LogP contribution in [0.4, 0.5) is 4.39 Å². The summed E-state index contributed by atoms with van der Waals surface area (Å²) < 4.78 is 21.1. The SMILES string of the molecule is CNC1CC(c2ccc(F)cc2Br)Oc2cc(Br)ccc21. The maximum Gasteiger partial charge on any atom is 0.127 e. The third-order valence-electron chi connectivity index (χ3n) is 3.73. The highest BCUT2D eigenvalue weighted by molar-refractivity contribution is 9.10. The van der Waals surface area contributed by atoms with Crippen LogP contribution in [0, 0.1) is 5.82 Å². The highest BCUT2D eigenvalue weighted by atomic mass is 79.9. The zero-order chi connectivity index (χ0) is 15.0. The van der Waals surface area contributed by atoms with Crippen LogP contribution in [0.15, 0.2) is 45.3 Å². The van der Waals surface area contributed by atoms with E-state index in [-0.39, 0.29) is 18.0 Å². The molecule has 3 rings (SSSR count). The van der Waals surface area contributed by atoms with Crippen molar-refractivity contribution in [3.8, 4) is 5.75 Å². The third kappa shape index (κ3) is 3.00. The predicted octanol–water partition coefficient (Wildman–Crippen LogP) is 5.14. The number of ether oxygens (including phenoxy) is 1. The standard InChI is InChI=1S/C16H14Br2FNO/c1-20-14-8-16(11-5-3-10(19)7-13(11)18)21-15-6-9(17)2-4-12(14)15/h2-7,14,16,20H,8H2,1H3. The van der Waals surface area contributed by atoms with Gasteiger partial charge in [0.15, 0.2) is 0 Å². The third-order valence-corrected chi connectivity index (χ3v) is 4.91. The fourth-order valence-corrected chi connectivity index (χ4v) is 3.61. The lowest BCUT2D eigenvalue weighted by Gasteiger charge is -2.33. The van der Waals surface area contributed by atoms with Gasteiger partial charge in [-0.25, -0.2) is 4.39 Å². The normalized spacial score (nSPS) is 20.8. The Morgan fingerprint density at radius 3 is 2.62 bits per heavy atom. The first-order chi connectivity index (χ1) is 10.1. The Balaban J connectivity index is 1.99. The van der Waals surface area contributed by atoms with E-state index in [1.807, 2.05) is 19.2 Å². The van der Waals surface area contributed by atoms with Gasteiger partial charge in [0, 0.05) is 32.5 Å². The molecule has 2 unspecified atom stereocenters. The van der Waals surface area contributed by atoms with Crippen molar-refractivity contribution in [1.29, 1.82) is 0 Å². The van der Waals surface area contributed by atoms with Crippen molar-refractivity contribution in [1.82, 2.24) is 5.32 Å². The number of nitrogens with one attached hydrogen (secondary N) is 1. The monoisotopic (exact) mass is 413 g/mol. The molecule has 0 saturated carbocycles. The maximum absolute atomic E-state index is 13.3. The van der Waals surface area contributed by atoms with Crippen molar-refractivity contribution in [3.63, 3.8) is 0 Å². The van der Waals surface area contributed by atoms with Crippen LogP contribution in [-0.4, -0.2) is 7.05 Å². The van der Waals surface area contributed by atoms with Gasteiger partial charge >= 0.3 is 0 Å². The maximum atomic E-state index is 13.3. The van der Waals surface area contributed by atoms with Crippen LogP contribution in [0.2, 0.25) is 0 Å². The van der Waals surface area contributed by atoms with Crippen LogP contribution in [0.1, 0.15) is 29.7 Å². The minimum absolute atomic E-state index is 0.112. The second-order valence-electron chi connectivity index (χ2n) is 5.03. The topological polar surface area (TPSA) is 21.3 Å². The Hall–Kier alpha value is -0.910. The molecule has 110 valence electrons. The van der Waals surface area contributed by atoms with Crippen LogP contribution in [-0.2, 0) is 0 Å². The molecule has 0 aliphatic carbocycles. The second kappa shape index (κ2) is 6.07. The molecule has 0 fully saturated rings. The quantitative estimate of drug-likeness (QED) is 0.734. The summed E-state index contributed by atoms with van der Waals surface area (Å²) in [4.78, 5) is 0. The summed E-state index contributed by atoms with van der Waals surface area (Å²) in [5, 5.41) is 3.33. The molecule has 0 radical (unpaired) electrons. The van der Waals surface area contributed by atoms with Crippen LogP contribution < -0.4 is 10.1 Å². The van der Waals surface area contributed by atoms with Crippen molar-refractivity contribution in [2.75, 3.05) is 7.05 Å². The number of rotatable bonds is 2. The molecule has 2 aromatic rings. The van der Waals surface area contributed by atoms with Crippen molar-refractivity contribution in [2.45, 2.75) is 18.6 Å². The molecule has 21 heavy (non-hydrogen) atoms. The van der Waals surface area contributed by atoms with Crippen molar-refractivity contribution < 1.29 is 9.13 Å². The lowest BCUT2D eigenvalue weighted by molar-refractivity contribution is 0.153. The largest absolute Gasteiger partial charge is 0.485 e. The molecule has 2 nitrogen and oxygen atoms in total. The van der Waals surface area contributed by atoms with Crippen molar-refractivity contribution >= 4 is 31.9 Å². The zero-order valence-electron chi connectivity index (χ0n) is 11.4. The average molecular weight is 415 g/mol. The molecule has 1 aliphatic rings. The van der Waals surface area contributed by atoms with Crippen LogP contribution in [0.25, 0.3) is 0 Å². The van der Waals surface area contributed by atoms with Crippen LogP contribution >= 0.6 is 31.9 Å². The molecule has 0 saturated heterocycles. The van der Waals surface area contributed by atoms with E-state index in [9.17, 15) is 4.39 Å². The van der Waals surface area contributed by atoms with Gasteiger partial charge in [0.2, 0.25) is 0 Å². The van der Waals surface area contributed by atoms with E-state index < -0.39 is 0 Å². The first-order valence-corrected chi connectivity index (χ1v) is 8.25. The molecule has 0 spiro atoms. The summed E-state index contributed by atoms with van der Waals surface area (Å²) in [5.41, 5.74) is 2.11. The van der Waals surface area contributed by atoms with Gasteiger partial charge in [-0.05, 0) is 31.3 Å². The van der Waals surface area contributed by atoms with Gasteiger partial charge in [0.25, 0.3) is 0 Å². The molecule has 0 amide bonds. The predicted molar refractivity (Wildman–Crippen MR) is 88.0 cm³/mol. The molecule has 0 aromatic heterocycles. The summed E-state index contributed by atoms with van der Waals surface area (Å²) in [6.45, 7) is 0. The van der Waals surface area contributed by atoms with Gasteiger partial charge in [0.1, 0.15) is 17.7 Å². The van der Waals surface area contributed by atoms with E-state index >= 15 is 0 Å². The Labute approximate surface area is 140 Å². The number of fused-ring (bicyclic) bond motifs is 1. The molecule has 5 heteroatoms. The van der Waals surface area contributed by atoms with E-state index in [1.54, 1.807) is 6.07 Å². The highest BCUT2D eigenvalue weighted by Crippen LogP contribution is 2.43. The van der Waals surface area contributed by atoms with Gasteiger partial charge < -0.3 is 10.1 Å². The van der Waals surface area contributed by atoms with Crippen molar-refractivity contribution in [2.24, 2.45) is 0 Å². The summed E-state index contributed by atoms with van der Waals surface area (Å²) in [6.07, 6.45) is 0.689. The Morgan fingerprint density at radius 1 is 1.14 bits per heavy atom. The van der Waals surface area contributed by atoms with Gasteiger partial charge in [0.05, 0.1) is 0 Å². The van der Waals surface area contributed by atoms with E-state index in [0.29, 0.717) is 0 Å². The molecular formula is C16H14Br2FNO. The summed E-state index contributed by atoms with van der Waals surface area (Å²) in [7, 11) is 1.94. The molecule has 2 atom stereocenters. The van der Waals surface area contributed by atoms with E-state index in [1.165, 1.54) is 12.1 Å². The van der Waals surface area contributed by atoms with Gasteiger partial charge in [-0.15, -0.1) is 0 Å². The lowest BCUT2D eigenvalue weighted by atomic mass is 9.93. The summed E-state index contributed by atoms with van der Waals surface area (Å²) in [6, 6.07) is 11.0. The Morgan fingerprint density at radius 2 is 1.90 bits per heavy atom. The van der Waals surface area contributed by atoms with E-state index in [0.717, 1.165) is 32.2 Å².